The lowest BCUT2D eigenvalue weighted by Crippen LogP contribution is -2.72. The van der Waals surface area contributed by atoms with E-state index < -0.39 is 26.9 Å². The first-order valence-electron chi connectivity index (χ1n) is 7.44. The van der Waals surface area contributed by atoms with Crippen LogP contribution in [0.1, 0.15) is 0 Å². The van der Waals surface area contributed by atoms with Gasteiger partial charge in [0.05, 0.1) is 0 Å². The minimum absolute atomic E-state index is 0.901. The lowest BCUT2D eigenvalue weighted by molar-refractivity contribution is 0.524. The third kappa shape index (κ3) is 3.63. The van der Waals surface area contributed by atoms with Gasteiger partial charge >= 0.3 is 10.4 Å². The molecule has 124 valence electrons. The van der Waals surface area contributed by atoms with Crippen molar-refractivity contribution >= 4 is 37.3 Å². The molecule has 0 saturated carbocycles. The third-order valence-electron chi connectivity index (χ3n) is 4.19. The molecule has 2 rings (SSSR count). The van der Waals surface area contributed by atoms with Gasteiger partial charge in [0.1, 0.15) is 0 Å². The molecule has 0 atom stereocenters. The fourth-order valence-electron chi connectivity index (χ4n) is 3.17. The van der Waals surface area contributed by atoms with Crippen molar-refractivity contribution in [3.05, 3.63) is 60.7 Å². The van der Waals surface area contributed by atoms with Crippen LogP contribution < -0.4 is 10.4 Å². The molecule has 0 aliphatic heterocycles. The van der Waals surface area contributed by atoms with E-state index in [9.17, 15) is 12.3 Å². The van der Waals surface area contributed by atoms with Crippen LogP contribution in [-0.2, 0) is 10.4 Å². The first-order chi connectivity index (χ1) is 10.6. The number of hydrogen-bond donors (Lipinski definition) is 0. The molecule has 23 heavy (non-hydrogen) atoms. The average molecular weight is 368 g/mol. The van der Waals surface area contributed by atoms with Crippen molar-refractivity contribution in [1.82, 2.24) is 3.64 Å². The van der Waals surface area contributed by atoms with Gasteiger partial charge in [0.2, 0.25) is 0 Å². The fraction of sp³-hybridized carbons (Fsp3) is 0.250. The summed E-state index contributed by atoms with van der Waals surface area (Å²) in [5, 5.41) is 1.80. The number of benzene rings is 2. The molecule has 0 aromatic heterocycles. The van der Waals surface area contributed by atoms with Crippen molar-refractivity contribution in [1.29, 1.82) is 0 Å². The van der Waals surface area contributed by atoms with Gasteiger partial charge in [-0.15, -0.1) is 0 Å². The Balaban J connectivity index is 2.64. The Labute approximate surface area is 140 Å². The highest BCUT2D eigenvalue weighted by Gasteiger charge is 2.50. The highest BCUT2D eigenvalue weighted by molar-refractivity contribution is 7.87. The molecule has 0 aliphatic carbocycles. The van der Waals surface area contributed by atoms with Gasteiger partial charge in [0.25, 0.3) is 0 Å². The molecule has 3 nitrogen and oxygen atoms in total. The van der Waals surface area contributed by atoms with Crippen molar-refractivity contribution in [2.45, 2.75) is 26.2 Å². The fourth-order valence-corrected chi connectivity index (χ4v) is 17.0. The zero-order valence-electron chi connectivity index (χ0n) is 13.8. The Morgan fingerprint density at radius 1 is 0.739 bits per heavy atom. The molecule has 0 N–H and O–H groups in total. The molecule has 2 aromatic rings. The monoisotopic (exact) mass is 367 g/mol. The number of rotatable bonds is 5. The van der Waals surface area contributed by atoms with E-state index in [1.54, 1.807) is 0 Å². The number of nitrogens with zero attached hydrogens (tertiary/aromatic N) is 1. The topological polar surface area (TPSA) is 37.4 Å². The number of halogens is 1. The Hall–Kier alpha value is -1.29. The summed E-state index contributed by atoms with van der Waals surface area (Å²) in [7, 11) is -10.3. The van der Waals surface area contributed by atoms with Gasteiger partial charge in [0, 0.05) is 0 Å². The van der Waals surface area contributed by atoms with E-state index in [-0.39, 0.29) is 0 Å². The van der Waals surface area contributed by atoms with Crippen molar-refractivity contribution in [3.63, 3.8) is 0 Å². The molecule has 0 radical (unpaired) electrons. The van der Waals surface area contributed by atoms with Crippen LogP contribution in [0.15, 0.2) is 60.7 Å². The van der Waals surface area contributed by atoms with E-state index in [4.69, 9.17) is 0 Å². The maximum absolute atomic E-state index is 14.4. The van der Waals surface area contributed by atoms with Crippen molar-refractivity contribution in [3.8, 4) is 0 Å². The van der Waals surface area contributed by atoms with Gasteiger partial charge in [-0.3, -0.25) is 0 Å². The van der Waals surface area contributed by atoms with Gasteiger partial charge in [0.15, 0.2) is 16.5 Å². The predicted molar refractivity (Wildman–Crippen MR) is 99.0 cm³/mol. The van der Waals surface area contributed by atoms with Crippen LogP contribution >= 0.6 is 0 Å². The van der Waals surface area contributed by atoms with Crippen LogP contribution in [0.2, 0.25) is 26.2 Å². The quantitative estimate of drug-likeness (QED) is 0.602. The Kier molecular flexibility index (Phi) is 4.96. The molecule has 0 spiro atoms. The molecular formula is C16H22FNO2SSi2. The lowest BCUT2D eigenvalue weighted by Gasteiger charge is -2.43. The van der Waals surface area contributed by atoms with E-state index >= 15 is 0 Å². The van der Waals surface area contributed by atoms with Gasteiger partial charge in [-0.2, -0.15) is 8.42 Å². The van der Waals surface area contributed by atoms with Crippen LogP contribution in [0.5, 0.6) is 0 Å². The standard InChI is InChI=1S/C16H22FNO2SSi2/c1-22(2,15-11-7-5-8-12-15)18(21(17,19)20)23(3,4)16-13-9-6-10-14-16/h5-14H,1-4H3. The molecule has 0 aliphatic rings. The average Bonchev–Trinajstić information content (AvgIpc) is 2.47. The summed E-state index contributed by atoms with van der Waals surface area (Å²) in [6.45, 7) is 7.54. The third-order valence-corrected chi connectivity index (χ3v) is 17.6. The summed E-state index contributed by atoms with van der Waals surface area (Å²) in [6, 6.07) is 18.8. The molecule has 0 saturated heterocycles. The van der Waals surface area contributed by atoms with Crippen LogP contribution in [-0.4, -0.2) is 28.5 Å². The van der Waals surface area contributed by atoms with Crippen molar-refractivity contribution in [2.24, 2.45) is 0 Å². The minimum atomic E-state index is -4.82. The van der Waals surface area contributed by atoms with Crippen LogP contribution in [0, 0.1) is 0 Å². The summed E-state index contributed by atoms with van der Waals surface area (Å²) in [5.74, 6) is 0. The molecule has 7 heteroatoms. The second kappa shape index (κ2) is 6.31. The number of hydrogen-bond acceptors (Lipinski definition) is 2. The summed E-state index contributed by atoms with van der Waals surface area (Å²) in [6.07, 6.45) is 0. The Morgan fingerprint density at radius 2 is 1.04 bits per heavy atom. The Bertz CT molecular complexity index is 714. The van der Waals surface area contributed by atoms with Crippen LogP contribution in [0.25, 0.3) is 0 Å². The molecular weight excluding hydrogens is 345 g/mol. The zero-order valence-corrected chi connectivity index (χ0v) is 16.6. The van der Waals surface area contributed by atoms with Gasteiger partial charge in [-0.25, -0.2) is 3.64 Å². The lowest BCUT2D eigenvalue weighted by atomic mass is 10.4. The summed E-state index contributed by atoms with van der Waals surface area (Å²) >= 11 is 0. The SMILES string of the molecule is C[Si](C)(c1ccccc1)N([Si](C)(C)c1ccccc1)S(=O)(=O)F. The van der Waals surface area contributed by atoms with E-state index in [0.717, 1.165) is 10.4 Å². The normalized spacial score (nSPS) is 13.3. The van der Waals surface area contributed by atoms with Crippen molar-refractivity contribution in [2.75, 3.05) is 0 Å². The van der Waals surface area contributed by atoms with E-state index in [1.165, 1.54) is 3.64 Å². The molecule has 0 fully saturated rings. The second-order valence-corrected chi connectivity index (χ2v) is 17.1. The molecule has 0 bridgehead atoms. The second-order valence-electron chi connectivity index (χ2n) is 6.56. The van der Waals surface area contributed by atoms with Gasteiger partial charge in [-0.1, -0.05) is 90.7 Å². The highest BCUT2D eigenvalue weighted by atomic mass is 32.3. The zero-order chi connectivity index (χ0) is 17.3. The maximum Gasteiger partial charge on any atom is 0.363 e. The van der Waals surface area contributed by atoms with Crippen molar-refractivity contribution < 1.29 is 12.3 Å². The molecule has 0 amide bonds. The van der Waals surface area contributed by atoms with Crippen LogP contribution in [0.4, 0.5) is 3.89 Å². The highest BCUT2D eigenvalue weighted by Crippen LogP contribution is 2.25. The molecule has 2 aromatic carbocycles. The van der Waals surface area contributed by atoms with Gasteiger partial charge in [-0.05, 0) is 10.4 Å². The predicted octanol–water partition coefficient (Wildman–Crippen LogP) is 2.73. The van der Waals surface area contributed by atoms with E-state index in [0.29, 0.717) is 0 Å². The Morgan fingerprint density at radius 3 is 1.30 bits per heavy atom. The first kappa shape index (κ1) is 18.1. The van der Waals surface area contributed by atoms with Gasteiger partial charge < -0.3 is 0 Å². The maximum atomic E-state index is 14.4. The van der Waals surface area contributed by atoms with E-state index in [2.05, 4.69) is 0 Å². The summed E-state index contributed by atoms with van der Waals surface area (Å²) in [5.41, 5.74) is 0. The van der Waals surface area contributed by atoms with E-state index in [1.807, 2.05) is 86.9 Å². The molecule has 0 unspecified atom stereocenters. The largest absolute Gasteiger partial charge is 0.363 e. The first-order valence-corrected chi connectivity index (χ1v) is 14.7. The molecule has 0 heterocycles. The minimum Gasteiger partial charge on any atom is -0.212 e. The summed E-state index contributed by atoms with van der Waals surface area (Å²) < 4.78 is 39.8. The van der Waals surface area contributed by atoms with Crippen LogP contribution in [0.3, 0.4) is 0 Å². The smallest absolute Gasteiger partial charge is 0.212 e. The summed E-state index contributed by atoms with van der Waals surface area (Å²) in [4.78, 5) is 0.